The van der Waals surface area contributed by atoms with Crippen molar-refractivity contribution in [2.75, 3.05) is 18.4 Å². The van der Waals surface area contributed by atoms with Gasteiger partial charge in [-0.25, -0.2) is 13.2 Å². The minimum atomic E-state index is -1.68. The van der Waals surface area contributed by atoms with E-state index < -0.39 is 35.0 Å². The van der Waals surface area contributed by atoms with Gasteiger partial charge in [0, 0.05) is 17.1 Å². The fourth-order valence-corrected chi connectivity index (χ4v) is 2.41. The Bertz CT molecular complexity index is 813. The maximum absolute atomic E-state index is 13.6. The maximum atomic E-state index is 13.6. The van der Waals surface area contributed by atoms with Gasteiger partial charge in [-0.15, -0.1) is 0 Å². The van der Waals surface area contributed by atoms with Crippen LogP contribution in [0.2, 0.25) is 5.02 Å². The van der Waals surface area contributed by atoms with Crippen LogP contribution in [0.15, 0.2) is 36.4 Å². The highest BCUT2D eigenvalue weighted by atomic mass is 35.5. The van der Waals surface area contributed by atoms with Gasteiger partial charge in [0.1, 0.15) is 6.54 Å². The highest BCUT2D eigenvalue weighted by Crippen LogP contribution is 2.19. The van der Waals surface area contributed by atoms with Crippen LogP contribution < -0.4 is 5.32 Å². The number of hydrogen-bond acceptors (Lipinski definition) is 2. The number of amides is 2. The number of benzene rings is 2. The van der Waals surface area contributed by atoms with E-state index in [2.05, 4.69) is 5.32 Å². The third-order valence-electron chi connectivity index (χ3n) is 3.52. The van der Waals surface area contributed by atoms with Crippen molar-refractivity contribution in [2.24, 2.45) is 0 Å². The van der Waals surface area contributed by atoms with Gasteiger partial charge in [-0.3, -0.25) is 9.59 Å². The van der Waals surface area contributed by atoms with Crippen LogP contribution in [0.1, 0.15) is 23.7 Å². The summed E-state index contributed by atoms with van der Waals surface area (Å²) in [6.45, 7) is 1.75. The third-order valence-corrected chi connectivity index (χ3v) is 3.77. The minimum Gasteiger partial charge on any atom is -0.329 e. The van der Waals surface area contributed by atoms with E-state index in [1.165, 1.54) is 17.0 Å². The molecule has 2 rings (SSSR count). The van der Waals surface area contributed by atoms with E-state index >= 15 is 0 Å². The average molecular weight is 385 g/mol. The number of rotatable bonds is 6. The second kappa shape index (κ2) is 8.71. The van der Waals surface area contributed by atoms with Crippen LogP contribution in [-0.2, 0) is 4.79 Å². The standard InChI is InChI=1S/C18H16ClF3N2O2/c1-2-9-24(18(26)11-3-5-12(19)6-4-11)10-15(25)23-14-8-7-13(20)16(21)17(14)22/h3-8H,2,9-10H2,1H3,(H,23,25). The fourth-order valence-electron chi connectivity index (χ4n) is 2.28. The molecule has 2 amide bonds. The normalized spacial score (nSPS) is 10.5. The molecule has 0 bridgehead atoms. The SMILES string of the molecule is CCCN(CC(=O)Nc1ccc(F)c(F)c1F)C(=O)c1ccc(Cl)cc1. The predicted octanol–water partition coefficient (Wildman–Crippen LogP) is 4.25. The highest BCUT2D eigenvalue weighted by molar-refractivity contribution is 6.30. The lowest BCUT2D eigenvalue weighted by atomic mass is 10.2. The molecular weight excluding hydrogens is 369 g/mol. The van der Waals surface area contributed by atoms with Crippen molar-refractivity contribution >= 4 is 29.1 Å². The predicted molar refractivity (Wildman–Crippen MR) is 92.6 cm³/mol. The number of halogens is 4. The van der Waals surface area contributed by atoms with Gasteiger partial charge in [0.25, 0.3) is 5.91 Å². The first-order chi connectivity index (χ1) is 12.3. The van der Waals surface area contributed by atoms with Gasteiger partial charge in [0.05, 0.1) is 5.69 Å². The molecule has 0 saturated carbocycles. The van der Waals surface area contributed by atoms with Crippen molar-refractivity contribution in [3.8, 4) is 0 Å². The lowest BCUT2D eigenvalue weighted by molar-refractivity contribution is -0.116. The average Bonchev–Trinajstić information content (AvgIpc) is 2.62. The Balaban J connectivity index is 2.11. The molecule has 0 aliphatic carbocycles. The van der Waals surface area contributed by atoms with E-state index in [1.807, 2.05) is 6.92 Å². The number of nitrogens with zero attached hydrogens (tertiary/aromatic N) is 1. The second-order valence-electron chi connectivity index (χ2n) is 5.50. The Kier molecular flexibility index (Phi) is 6.63. The molecule has 2 aromatic carbocycles. The first-order valence-corrected chi connectivity index (χ1v) is 8.19. The molecule has 0 aromatic heterocycles. The Morgan fingerprint density at radius 1 is 1.04 bits per heavy atom. The molecule has 0 aliphatic rings. The Morgan fingerprint density at radius 2 is 1.69 bits per heavy atom. The van der Waals surface area contributed by atoms with Crippen molar-refractivity contribution in [1.82, 2.24) is 4.90 Å². The van der Waals surface area contributed by atoms with Gasteiger partial charge in [-0.05, 0) is 42.8 Å². The molecule has 26 heavy (non-hydrogen) atoms. The van der Waals surface area contributed by atoms with Gasteiger partial charge in [0.15, 0.2) is 17.5 Å². The van der Waals surface area contributed by atoms with Gasteiger partial charge in [0.2, 0.25) is 5.91 Å². The first kappa shape index (κ1) is 19.8. The lowest BCUT2D eigenvalue weighted by Crippen LogP contribution is -2.38. The number of anilines is 1. The first-order valence-electron chi connectivity index (χ1n) is 7.81. The zero-order valence-electron chi connectivity index (χ0n) is 13.9. The summed E-state index contributed by atoms with van der Waals surface area (Å²) in [6, 6.07) is 7.78. The summed E-state index contributed by atoms with van der Waals surface area (Å²) in [6.07, 6.45) is 0.589. The smallest absolute Gasteiger partial charge is 0.254 e. The van der Waals surface area contributed by atoms with Gasteiger partial charge < -0.3 is 10.2 Å². The molecule has 0 spiro atoms. The van der Waals surface area contributed by atoms with Gasteiger partial charge in [-0.2, -0.15) is 0 Å². The van der Waals surface area contributed by atoms with Crippen molar-refractivity contribution in [3.05, 3.63) is 64.4 Å². The Labute approximate surface area is 153 Å². The third kappa shape index (κ3) is 4.76. The molecule has 4 nitrogen and oxygen atoms in total. The van der Waals surface area contributed by atoms with Crippen LogP contribution in [0.5, 0.6) is 0 Å². The molecule has 0 aliphatic heterocycles. The number of carbonyl (C=O) groups is 2. The zero-order chi connectivity index (χ0) is 19.3. The largest absolute Gasteiger partial charge is 0.329 e. The summed E-state index contributed by atoms with van der Waals surface area (Å²) >= 11 is 5.79. The summed E-state index contributed by atoms with van der Waals surface area (Å²) in [5.41, 5.74) is -0.154. The van der Waals surface area contributed by atoms with E-state index in [9.17, 15) is 22.8 Å². The van der Waals surface area contributed by atoms with Crippen molar-refractivity contribution in [1.29, 1.82) is 0 Å². The van der Waals surface area contributed by atoms with Crippen molar-refractivity contribution in [3.63, 3.8) is 0 Å². The van der Waals surface area contributed by atoms with E-state index in [1.54, 1.807) is 12.1 Å². The van der Waals surface area contributed by atoms with E-state index in [0.717, 1.165) is 6.07 Å². The van der Waals surface area contributed by atoms with Crippen LogP contribution in [-0.4, -0.2) is 29.8 Å². The molecule has 0 radical (unpaired) electrons. The molecule has 0 saturated heterocycles. The summed E-state index contributed by atoms with van der Waals surface area (Å²) < 4.78 is 39.8. The molecule has 138 valence electrons. The topological polar surface area (TPSA) is 49.4 Å². The zero-order valence-corrected chi connectivity index (χ0v) is 14.6. The summed E-state index contributed by atoms with van der Waals surface area (Å²) in [7, 11) is 0. The number of nitrogens with one attached hydrogen (secondary N) is 1. The van der Waals surface area contributed by atoms with E-state index in [-0.39, 0.29) is 13.1 Å². The summed E-state index contributed by atoms with van der Waals surface area (Å²) in [5, 5.41) is 2.61. The molecule has 0 atom stereocenters. The monoisotopic (exact) mass is 384 g/mol. The lowest BCUT2D eigenvalue weighted by Gasteiger charge is -2.22. The minimum absolute atomic E-state index is 0.287. The second-order valence-corrected chi connectivity index (χ2v) is 5.94. The number of carbonyl (C=O) groups excluding carboxylic acids is 2. The molecule has 0 heterocycles. The quantitative estimate of drug-likeness (QED) is 0.757. The number of hydrogen-bond donors (Lipinski definition) is 1. The van der Waals surface area contributed by atoms with Gasteiger partial charge in [-0.1, -0.05) is 18.5 Å². The van der Waals surface area contributed by atoms with Crippen LogP contribution in [0.3, 0.4) is 0 Å². The van der Waals surface area contributed by atoms with Crippen LogP contribution >= 0.6 is 11.6 Å². The van der Waals surface area contributed by atoms with E-state index in [4.69, 9.17) is 11.6 Å². The summed E-state index contributed by atoms with van der Waals surface area (Å²) in [4.78, 5) is 25.9. The summed E-state index contributed by atoms with van der Waals surface area (Å²) in [5.74, 6) is -5.66. The van der Waals surface area contributed by atoms with Crippen LogP contribution in [0.25, 0.3) is 0 Å². The molecule has 0 unspecified atom stereocenters. The molecule has 2 aromatic rings. The molecule has 8 heteroatoms. The van der Waals surface area contributed by atoms with Crippen LogP contribution in [0, 0.1) is 17.5 Å². The highest BCUT2D eigenvalue weighted by Gasteiger charge is 2.20. The van der Waals surface area contributed by atoms with E-state index in [0.29, 0.717) is 23.1 Å². The molecule has 0 fully saturated rings. The fraction of sp³-hybridized carbons (Fsp3) is 0.222. The van der Waals surface area contributed by atoms with Crippen molar-refractivity contribution < 1.29 is 22.8 Å². The molecule has 1 N–H and O–H groups in total. The molecular formula is C18H16ClF3N2O2. The van der Waals surface area contributed by atoms with Crippen molar-refractivity contribution in [2.45, 2.75) is 13.3 Å². The Hall–Kier alpha value is -2.54. The maximum Gasteiger partial charge on any atom is 0.254 e. The van der Waals surface area contributed by atoms with Gasteiger partial charge >= 0.3 is 0 Å². The van der Waals surface area contributed by atoms with Crippen LogP contribution in [0.4, 0.5) is 18.9 Å². The Morgan fingerprint density at radius 3 is 2.31 bits per heavy atom.